The van der Waals surface area contributed by atoms with E-state index < -0.39 is 5.41 Å². The number of benzene rings is 9. The molecule has 0 aliphatic heterocycles. The van der Waals surface area contributed by atoms with Gasteiger partial charge >= 0.3 is 0 Å². The zero-order valence-electron chi connectivity index (χ0n) is 29.8. The molecule has 254 valence electrons. The van der Waals surface area contributed by atoms with Crippen molar-refractivity contribution in [3.8, 4) is 33.4 Å². The summed E-state index contributed by atoms with van der Waals surface area (Å²) in [6.07, 6.45) is 0. The van der Waals surface area contributed by atoms with Crippen LogP contribution in [0.3, 0.4) is 0 Å². The van der Waals surface area contributed by atoms with Crippen molar-refractivity contribution in [2.24, 2.45) is 0 Å². The number of nitrogens with zero attached hydrogens (tertiary/aromatic N) is 1. The van der Waals surface area contributed by atoms with Crippen molar-refractivity contribution in [2.75, 3.05) is 4.90 Å². The normalized spacial score (nSPS) is 12.6. The second-order valence-electron chi connectivity index (χ2n) is 14.1. The highest BCUT2D eigenvalue weighted by molar-refractivity contribution is 5.98. The van der Waals surface area contributed by atoms with Crippen LogP contribution in [0, 0.1) is 0 Å². The first-order valence-electron chi connectivity index (χ1n) is 18.7. The van der Waals surface area contributed by atoms with Gasteiger partial charge in [0.2, 0.25) is 0 Å². The van der Waals surface area contributed by atoms with Crippen molar-refractivity contribution in [1.82, 2.24) is 0 Å². The summed E-state index contributed by atoms with van der Waals surface area (Å²) < 4.78 is 0. The molecule has 0 fully saturated rings. The molecule has 0 atom stereocenters. The Balaban J connectivity index is 1.25. The summed E-state index contributed by atoms with van der Waals surface area (Å²) in [5.74, 6) is 0. The zero-order chi connectivity index (χ0) is 35.9. The van der Waals surface area contributed by atoms with E-state index in [0.29, 0.717) is 0 Å². The second kappa shape index (κ2) is 13.2. The smallest absolute Gasteiger partial charge is 0.0714 e. The first-order valence-corrected chi connectivity index (χ1v) is 18.7. The molecular weight excluding hydrogens is 651 g/mol. The molecule has 54 heavy (non-hydrogen) atoms. The quantitative estimate of drug-likeness (QED) is 0.161. The van der Waals surface area contributed by atoms with Crippen molar-refractivity contribution in [3.63, 3.8) is 0 Å². The third-order valence-electron chi connectivity index (χ3n) is 11.1. The van der Waals surface area contributed by atoms with Gasteiger partial charge in [0.15, 0.2) is 0 Å². The zero-order valence-corrected chi connectivity index (χ0v) is 29.8. The molecule has 1 heteroatoms. The third kappa shape index (κ3) is 5.17. The fourth-order valence-corrected chi connectivity index (χ4v) is 8.74. The van der Waals surface area contributed by atoms with Gasteiger partial charge in [0.1, 0.15) is 0 Å². The van der Waals surface area contributed by atoms with E-state index in [9.17, 15) is 0 Å². The Hall–Kier alpha value is -6.96. The van der Waals surface area contributed by atoms with E-state index in [0.717, 1.165) is 17.1 Å². The van der Waals surface area contributed by atoms with Crippen molar-refractivity contribution < 1.29 is 0 Å². The van der Waals surface area contributed by atoms with E-state index in [-0.39, 0.29) is 0 Å². The van der Waals surface area contributed by atoms with Crippen LogP contribution in [0.25, 0.3) is 44.2 Å². The molecule has 0 bridgehead atoms. The molecule has 1 nitrogen and oxygen atoms in total. The van der Waals surface area contributed by atoms with Gasteiger partial charge in [-0.2, -0.15) is 0 Å². The lowest BCUT2D eigenvalue weighted by molar-refractivity contribution is 0.768. The average Bonchev–Trinajstić information content (AvgIpc) is 3.56. The highest BCUT2D eigenvalue weighted by Gasteiger charge is 2.47. The van der Waals surface area contributed by atoms with Gasteiger partial charge in [-0.05, 0) is 97.2 Å². The molecule has 9 aromatic carbocycles. The van der Waals surface area contributed by atoms with Crippen LogP contribution in [0.4, 0.5) is 17.1 Å². The van der Waals surface area contributed by atoms with Gasteiger partial charge < -0.3 is 4.90 Å². The lowest BCUT2D eigenvalue weighted by atomic mass is 9.68. The van der Waals surface area contributed by atoms with Crippen molar-refractivity contribution >= 4 is 27.8 Å². The highest BCUT2D eigenvalue weighted by atomic mass is 15.1. The topological polar surface area (TPSA) is 3.24 Å². The molecule has 1 aliphatic carbocycles. The number of anilines is 3. The van der Waals surface area contributed by atoms with Crippen LogP contribution in [0.2, 0.25) is 0 Å². The summed E-state index contributed by atoms with van der Waals surface area (Å²) in [7, 11) is 0. The summed E-state index contributed by atoms with van der Waals surface area (Å²) >= 11 is 0. The molecule has 0 amide bonds. The first kappa shape index (κ1) is 31.7. The number of hydrogen-bond donors (Lipinski definition) is 0. The molecule has 1 aliphatic rings. The van der Waals surface area contributed by atoms with Crippen LogP contribution < -0.4 is 4.90 Å². The average molecular weight is 688 g/mol. The summed E-state index contributed by atoms with van der Waals surface area (Å²) in [6, 6.07) is 82.1. The minimum atomic E-state index is -0.491. The molecule has 10 rings (SSSR count). The predicted octanol–water partition coefficient (Wildman–Crippen LogP) is 14.0. The Labute approximate surface area is 317 Å². The lowest BCUT2D eigenvalue weighted by Crippen LogP contribution is -2.28. The van der Waals surface area contributed by atoms with E-state index in [2.05, 4.69) is 229 Å². The van der Waals surface area contributed by atoms with E-state index in [1.807, 2.05) is 0 Å². The van der Waals surface area contributed by atoms with Gasteiger partial charge in [-0.3, -0.25) is 0 Å². The Morgan fingerprint density at radius 1 is 0.315 bits per heavy atom. The van der Waals surface area contributed by atoms with Gasteiger partial charge in [0, 0.05) is 16.9 Å². The summed E-state index contributed by atoms with van der Waals surface area (Å²) in [5.41, 5.74) is 15.2. The maximum atomic E-state index is 2.47. The summed E-state index contributed by atoms with van der Waals surface area (Å²) in [4.78, 5) is 2.47. The Bertz CT molecular complexity index is 2730. The predicted molar refractivity (Wildman–Crippen MR) is 227 cm³/mol. The first-order chi connectivity index (χ1) is 26.8. The van der Waals surface area contributed by atoms with Crippen LogP contribution in [0.15, 0.2) is 224 Å². The summed E-state index contributed by atoms with van der Waals surface area (Å²) in [5, 5.41) is 2.49. The molecule has 0 saturated carbocycles. The van der Waals surface area contributed by atoms with Crippen molar-refractivity contribution in [3.05, 3.63) is 247 Å². The molecule has 0 aromatic heterocycles. The van der Waals surface area contributed by atoms with Crippen LogP contribution in [0.1, 0.15) is 22.3 Å². The van der Waals surface area contributed by atoms with E-state index in [4.69, 9.17) is 0 Å². The molecule has 0 spiro atoms. The van der Waals surface area contributed by atoms with Crippen molar-refractivity contribution in [1.29, 1.82) is 0 Å². The molecule has 0 radical (unpaired) electrons. The van der Waals surface area contributed by atoms with Gasteiger partial charge in [0.25, 0.3) is 0 Å². The van der Waals surface area contributed by atoms with Crippen LogP contribution in [-0.4, -0.2) is 0 Å². The largest absolute Gasteiger partial charge is 0.310 e. The highest BCUT2D eigenvalue weighted by Crippen LogP contribution is 2.59. The molecular formula is C53H37N. The Morgan fingerprint density at radius 2 is 0.815 bits per heavy atom. The molecule has 0 saturated heterocycles. The second-order valence-corrected chi connectivity index (χ2v) is 14.1. The van der Waals surface area contributed by atoms with E-state index in [1.54, 1.807) is 0 Å². The fraction of sp³-hybridized carbons (Fsp3) is 0.0189. The SMILES string of the molecule is c1ccc(-c2cccc(N(c3cccc(-c4ccc5ccccc5c4)c3)c3cccc4c3-c3ccccc3C4(c3ccccc3)c3ccccc3)c2)cc1. The Morgan fingerprint density at radius 3 is 1.50 bits per heavy atom. The maximum Gasteiger partial charge on any atom is 0.0714 e. The number of fused-ring (bicyclic) bond motifs is 4. The van der Waals surface area contributed by atoms with Gasteiger partial charge in [0.05, 0.1) is 11.1 Å². The Kier molecular flexibility index (Phi) is 7.78. The fourth-order valence-electron chi connectivity index (χ4n) is 8.74. The van der Waals surface area contributed by atoms with Crippen LogP contribution in [0.5, 0.6) is 0 Å². The maximum absolute atomic E-state index is 2.47. The van der Waals surface area contributed by atoms with Gasteiger partial charge in [-0.1, -0.05) is 188 Å². The molecule has 9 aromatic rings. The molecule has 0 heterocycles. The number of hydrogen-bond acceptors (Lipinski definition) is 1. The van der Waals surface area contributed by atoms with Gasteiger partial charge in [-0.15, -0.1) is 0 Å². The van der Waals surface area contributed by atoms with Crippen LogP contribution in [-0.2, 0) is 5.41 Å². The lowest BCUT2D eigenvalue weighted by Gasteiger charge is -2.34. The van der Waals surface area contributed by atoms with Crippen LogP contribution >= 0.6 is 0 Å². The summed E-state index contributed by atoms with van der Waals surface area (Å²) in [6.45, 7) is 0. The minimum absolute atomic E-state index is 0.491. The standard InChI is InChI=1S/C53H37N/c1-4-17-38(18-5-1)41-21-14-27-46(36-41)54(47-28-15-22-42(37-47)43-34-33-39-19-10-11-20-40(39)35-43)51-32-16-31-50-52(51)48-29-12-13-30-49(48)53(50,44-23-6-2-7-24-44)45-25-8-3-9-26-45/h1-37H. The monoisotopic (exact) mass is 687 g/mol. The number of rotatable bonds is 7. The minimum Gasteiger partial charge on any atom is -0.310 e. The van der Waals surface area contributed by atoms with E-state index in [1.165, 1.54) is 66.4 Å². The van der Waals surface area contributed by atoms with E-state index >= 15 is 0 Å². The van der Waals surface area contributed by atoms with Crippen molar-refractivity contribution in [2.45, 2.75) is 5.41 Å². The van der Waals surface area contributed by atoms with Gasteiger partial charge in [-0.25, -0.2) is 0 Å². The molecule has 0 N–H and O–H groups in total. The molecule has 0 unspecified atom stereocenters. The third-order valence-corrected chi connectivity index (χ3v) is 11.1.